The first kappa shape index (κ1) is 30.8. The van der Waals surface area contributed by atoms with Crippen LogP contribution in [0.1, 0.15) is 64.6 Å². The summed E-state index contributed by atoms with van der Waals surface area (Å²) in [5.74, 6) is 2.23. The van der Waals surface area contributed by atoms with Gasteiger partial charge >= 0.3 is 6.01 Å². The van der Waals surface area contributed by atoms with Crippen molar-refractivity contribution in [2.24, 2.45) is 5.92 Å². The quantitative estimate of drug-likeness (QED) is 0.260. The number of fused-ring (bicyclic) bond motifs is 4. The van der Waals surface area contributed by atoms with Gasteiger partial charge in [-0.1, -0.05) is 51.0 Å². The Hall–Kier alpha value is -3.87. The molecule has 0 radical (unpaired) electrons. The number of hydrogen-bond donors (Lipinski definition) is 1. The van der Waals surface area contributed by atoms with Gasteiger partial charge < -0.3 is 15.0 Å². The third-order valence-corrected chi connectivity index (χ3v) is 10.9. The van der Waals surface area contributed by atoms with Gasteiger partial charge in [-0.15, -0.1) is 6.42 Å². The summed E-state index contributed by atoms with van der Waals surface area (Å²) in [4.78, 5) is 19.6. The Morgan fingerprint density at radius 3 is 2.59 bits per heavy atom. The second kappa shape index (κ2) is 11.7. The number of rotatable bonds is 4. The molecule has 240 valence electrons. The molecule has 4 aliphatic rings. The number of anilines is 1. The average molecular weight is 625 g/mol. The van der Waals surface area contributed by atoms with E-state index in [1.807, 2.05) is 26.0 Å². The van der Waals surface area contributed by atoms with Crippen LogP contribution in [-0.4, -0.2) is 70.3 Å². The minimum Gasteiger partial charge on any atom is -0.461 e. The fourth-order valence-corrected chi connectivity index (χ4v) is 8.32. The van der Waals surface area contributed by atoms with Crippen LogP contribution in [0.25, 0.3) is 32.9 Å². The number of piperazine rings is 1. The first-order valence-electron chi connectivity index (χ1n) is 16.8. The van der Waals surface area contributed by atoms with Crippen molar-refractivity contribution in [1.29, 1.82) is 0 Å². The molecule has 0 spiro atoms. The normalized spacial score (nSPS) is 23.3. The molecule has 3 saturated heterocycles. The molecule has 46 heavy (non-hydrogen) atoms. The summed E-state index contributed by atoms with van der Waals surface area (Å²) in [6, 6.07) is 8.63. The van der Waals surface area contributed by atoms with E-state index < -0.39 is 11.6 Å². The van der Waals surface area contributed by atoms with Crippen LogP contribution in [0.3, 0.4) is 0 Å². The maximum Gasteiger partial charge on any atom is 0.319 e. The van der Waals surface area contributed by atoms with Gasteiger partial charge in [-0.3, -0.25) is 4.90 Å². The molecular formula is C37H42F2N6O. The number of ether oxygens (including phenoxy) is 1. The molecular weight excluding hydrogens is 582 g/mol. The molecule has 0 amide bonds. The Balaban J connectivity index is 0.00000166. The molecule has 7 nitrogen and oxygen atoms in total. The summed E-state index contributed by atoms with van der Waals surface area (Å²) in [6.45, 7) is 13.4. The smallest absolute Gasteiger partial charge is 0.319 e. The maximum absolute atomic E-state index is 17.0. The van der Waals surface area contributed by atoms with E-state index in [2.05, 4.69) is 34.9 Å². The molecule has 1 unspecified atom stereocenters. The van der Waals surface area contributed by atoms with E-state index in [0.717, 1.165) is 69.5 Å². The SMILES string of the molecule is C#Cc1c(F)ccc2cccc(-c3nc4c5c(nc(OCC67CCCN6CCC7)nc5c3F)N3CCNCC3(C)[C@@H](C)C4)c12.CC. The summed E-state index contributed by atoms with van der Waals surface area (Å²) in [7, 11) is 0. The number of aromatic nitrogens is 3. The van der Waals surface area contributed by atoms with E-state index in [1.165, 1.54) is 6.07 Å². The second-order valence-electron chi connectivity index (χ2n) is 13.2. The van der Waals surface area contributed by atoms with Crippen molar-refractivity contribution < 1.29 is 13.5 Å². The lowest BCUT2D eigenvalue weighted by molar-refractivity contribution is 0.107. The summed E-state index contributed by atoms with van der Waals surface area (Å²) in [5.41, 5.74) is 1.29. The van der Waals surface area contributed by atoms with Crippen molar-refractivity contribution >= 4 is 27.5 Å². The molecule has 0 saturated carbocycles. The molecule has 4 aromatic rings. The van der Waals surface area contributed by atoms with E-state index in [0.29, 0.717) is 35.2 Å². The number of nitrogens with one attached hydrogen (secondary N) is 1. The molecule has 1 N–H and O–H groups in total. The van der Waals surface area contributed by atoms with Crippen LogP contribution < -0.4 is 15.0 Å². The molecule has 2 aromatic carbocycles. The van der Waals surface area contributed by atoms with Gasteiger partial charge in [0.15, 0.2) is 5.82 Å². The van der Waals surface area contributed by atoms with Gasteiger partial charge in [0.1, 0.15) is 29.5 Å². The lowest BCUT2D eigenvalue weighted by Crippen LogP contribution is -2.63. The van der Waals surface area contributed by atoms with Crippen LogP contribution in [0.15, 0.2) is 30.3 Å². The molecule has 0 aliphatic carbocycles. The molecule has 3 fully saturated rings. The lowest BCUT2D eigenvalue weighted by Gasteiger charge is -2.48. The number of hydrogen-bond acceptors (Lipinski definition) is 7. The Kier molecular flexibility index (Phi) is 7.85. The van der Waals surface area contributed by atoms with Crippen molar-refractivity contribution in [1.82, 2.24) is 25.2 Å². The summed E-state index contributed by atoms with van der Waals surface area (Å²) in [5, 5.41) is 5.37. The van der Waals surface area contributed by atoms with E-state index in [9.17, 15) is 4.39 Å². The average Bonchev–Trinajstić information content (AvgIpc) is 3.64. The number of terminal acetylenes is 1. The zero-order valence-electron chi connectivity index (χ0n) is 27.2. The van der Waals surface area contributed by atoms with Gasteiger partial charge in [0.2, 0.25) is 0 Å². The van der Waals surface area contributed by atoms with Crippen molar-refractivity contribution in [3.05, 3.63) is 53.2 Å². The van der Waals surface area contributed by atoms with Crippen LogP contribution in [0.2, 0.25) is 0 Å². The summed E-state index contributed by atoms with van der Waals surface area (Å²) >= 11 is 0. The van der Waals surface area contributed by atoms with E-state index >= 15 is 4.39 Å². The highest BCUT2D eigenvalue weighted by Crippen LogP contribution is 2.45. The lowest BCUT2D eigenvalue weighted by atomic mass is 9.82. The molecule has 6 heterocycles. The monoisotopic (exact) mass is 624 g/mol. The highest BCUT2D eigenvalue weighted by Gasteiger charge is 2.46. The van der Waals surface area contributed by atoms with Crippen LogP contribution >= 0.6 is 0 Å². The Labute approximate surface area is 269 Å². The van der Waals surface area contributed by atoms with Gasteiger partial charge in [-0.25, -0.2) is 13.8 Å². The maximum atomic E-state index is 17.0. The minimum absolute atomic E-state index is 0.00370. The Bertz CT molecular complexity index is 1860. The summed E-state index contributed by atoms with van der Waals surface area (Å²) in [6.07, 6.45) is 10.9. The summed E-state index contributed by atoms with van der Waals surface area (Å²) < 4.78 is 38.4. The van der Waals surface area contributed by atoms with Crippen LogP contribution in [0, 0.1) is 29.9 Å². The van der Waals surface area contributed by atoms with Gasteiger partial charge in [0.25, 0.3) is 0 Å². The highest BCUT2D eigenvalue weighted by molar-refractivity contribution is 6.03. The molecule has 2 atom stereocenters. The first-order valence-corrected chi connectivity index (χ1v) is 16.8. The number of pyridine rings is 1. The number of benzene rings is 2. The molecule has 0 bridgehead atoms. The first-order chi connectivity index (χ1) is 22.3. The topological polar surface area (TPSA) is 66.4 Å². The third-order valence-electron chi connectivity index (χ3n) is 10.9. The predicted octanol–water partition coefficient (Wildman–Crippen LogP) is 6.50. The van der Waals surface area contributed by atoms with Crippen molar-refractivity contribution in [3.63, 3.8) is 0 Å². The zero-order valence-corrected chi connectivity index (χ0v) is 27.2. The minimum atomic E-state index is -0.579. The van der Waals surface area contributed by atoms with Crippen molar-refractivity contribution in [2.45, 2.75) is 70.9 Å². The molecule has 2 aromatic heterocycles. The Morgan fingerprint density at radius 1 is 1.04 bits per heavy atom. The molecule has 8 rings (SSSR count). The number of halogens is 2. The van der Waals surface area contributed by atoms with Crippen LogP contribution in [-0.2, 0) is 6.42 Å². The zero-order chi connectivity index (χ0) is 32.2. The van der Waals surface area contributed by atoms with Crippen molar-refractivity contribution in [3.8, 4) is 29.6 Å². The van der Waals surface area contributed by atoms with Gasteiger partial charge in [-0.05, 0) is 69.5 Å². The fourth-order valence-electron chi connectivity index (χ4n) is 8.32. The van der Waals surface area contributed by atoms with Crippen LogP contribution in [0.4, 0.5) is 14.6 Å². The fraction of sp³-hybridized carbons (Fsp3) is 0.486. The predicted molar refractivity (Wildman–Crippen MR) is 179 cm³/mol. The van der Waals surface area contributed by atoms with Crippen molar-refractivity contribution in [2.75, 3.05) is 44.2 Å². The largest absolute Gasteiger partial charge is 0.461 e. The van der Waals surface area contributed by atoms with E-state index in [4.69, 9.17) is 26.1 Å². The second-order valence-corrected chi connectivity index (χ2v) is 13.2. The van der Waals surface area contributed by atoms with E-state index in [-0.39, 0.29) is 39.8 Å². The van der Waals surface area contributed by atoms with Gasteiger partial charge in [0, 0.05) is 30.6 Å². The van der Waals surface area contributed by atoms with E-state index in [1.54, 1.807) is 12.1 Å². The number of nitrogens with zero attached hydrogens (tertiary/aromatic N) is 5. The molecule has 4 aliphatic heterocycles. The van der Waals surface area contributed by atoms with Gasteiger partial charge in [-0.2, -0.15) is 9.97 Å². The van der Waals surface area contributed by atoms with Gasteiger partial charge in [0.05, 0.1) is 27.7 Å². The third kappa shape index (κ3) is 4.64. The highest BCUT2D eigenvalue weighted by atomic mass is 19.1. The molecule has 9 heteroatoms. The standard InChI is InChI=1S/C35H36F2N6O.C2H6/c1-4-23-25(36)11-10-22-8-5-9-24(27(22)23)30-29(37)31-28-26(39-30)18-21(2)34(3)19-38-14-17-43(34)32(28)41-33(40-31)44-20-35-12-6-15-42(35)16-7-13-35;1-2/h1,5,8-11,21,38H,6-7,12-20H2,2-3H3;1-2H3/t21-,34?;/m0./s1. The Morgan fingerprint density at radius 2 is 1.83 bits per heavy atom. The van der Waals surface area contributed by atoms with Crippen LogP contribution in [0.5, 0.6) is 6.01 Å².